The van der Waals surface area contributed by atoms with Crippen molar-refractivity contribution in [3.63, 3.8) is 0 Å². The molecule has 1 fully saturated rings. The van der Waals surface area contributed by atoms with Gasteiger partial charge in [0.15, 0.2) is 0 Å². The SMILES string of the molecule is CC1(Cc2ccc(Br)cn2)CCCN1. The molecule has 0 radical (unpaired) electrons. The Labute approximate surface area is 93.3 Å². The van der Waals surface area contributed by atoms with E-state index in [2.05, 4.69) is 45.3 Å². The molecule has 0 saturated carbocycles. The monoisotopic (exact) mass is 254 g/mol. The molecule has 2 rings (SSSR count). The summed E-state index contributed by atoms with van der Waals surface area (Å²) >= 11 is 3.39. The average Bonchev–Trinajstić information content (AvgIpc) is 2.57. The van der Waals surface area contributed by atoms with Crippen LogP contribution < -0.4 is 5.32 Å². The maximum Gasteiger partial charge on any atom is 0.0422 e. The Morgan fingerprint density at radius 1 is 1.57 bits per heavy atom. The Hall–Kier alpha value is -0.410. The Bertz CT molecular complexity index is 302. The summed E-state index contributed by atoms with van der Waals surface area (Å²) in [5.74, 6) is 0. The molecule has 0 spiro atoms. The van der Waals surface area contributed by atoms with E-state index in [1.165, 1.54) is 18.5 Å². The molecule has 1 unspecified atom stereocenters. The number of hydrogen-bond acceptors (Lipinski definition) is 2. The molecule has 0 aliphatic carbocycles. The molecule has 1 aromatic rings. The summed E-state index contributed by atoms with van der Waals surface area (Å²) in [5.41, 5.74) is 1.44. The molecule has 14 heavy (non-hydrogen) atoms. The molecular formula is C11H15BrN2. The Kier molecular flexibility index (Phi) is 2.88. The van der Waals surface area contributed by atoms with Crippen LogP contribution in [0.15, 0.2) is 22.8 Å². The number of aromatic nitrogens is 1. The minimum Gasteiger partial charge on any atom is -0.311 e. The van der Waals surface area contributed by atoms with Gasteiger partial charge in [-0.25, -0.2) is 0 Å². The van der Waals surface area contributed by atoms with Crippen molar-refractivity contribution in [3.8, 4) is 0 Å². The molecule has 1 aliphatic heterocycles. The summed E-state index contributed by atoms with van der Waals surface area (Å²) in [6, 6.07) is 4.15. The van der Waals surface area contributed by atoms with Gasteiger partial charge in [0, 0.05) is 28.3 Å². The van der Waals surface area contributed by atoms with Crippen LogP contribution in [0.5, 0.6) is 0 Å². The molecule has 1 aromatic heterocycles. The maximum absolute atomic E-state index is 4.40. The van der Waals surface area contributed by atoms with Crippen molar-refractivity contribution < 1.29 is 0 Å². The summed E-state index contributed by atoms with van der Waals surface area (Å²) in [5, 5.41) is 3.54. The molecule has 1 atom stereocenters. The fourth-order valence-electron chi connectivity index (χ4n) is 2.02. The van der Waals surface area contributed by atoms with Gasteiger partial charge in [0.25, 0.3) is 0 Å². The van der Waals surface area contributed by atoms with Gasteiger partial charge in [-0.2, -0.15) is 0 Å². The molecular weight excluding hydrogens is 240 g/mol. The van der Waals surface area contributed by atoms with Crippen molar-refractivity contribution in [1.82, 2.24) is 10.3 Å². The van der Waals surface area contributed by atoms with Crippen LogP contribution in [0.4, 0.5) is 0 Å². The third-order valence-corrected chi connectivity index (χ3v) is 3.29. The van der Waals surface area contributed by atoms with Crippen LogP contribution in [0.1, 0.15) is 25.5 Å². The first-order valence-electron chi connectivity index (χ1n) is 5.03. The zero-order valence-corrected chi connectivity index (χ0v) is 9.97. The van der Waals surface area contributed by atoms with E-state index in [1.54, 1.807) is 0 Å². The first-order chi connectivity index (χ1) is 6.68. The minimum absolute atomic E-state index is 0.265. The Balaban J connectivity index is 2.06. The summed E-state index contributed by atoms with van der Waals surface area (Å²) in [6.07, 6.45) is 5.44. The van der Waals surface area contributed by atoms with Gasteiger partial charge < -0.3 is 5.32 Å². The predicted molar refractivity (Wildman–Crippen MR) is 61.3 cm³/mol. The van der Waals surface area contributed by atoms with Crippen LogP contribution in [0.3, 0.4) is 0 Å². The first kappa shape index (κ1) is 10.1. The van der Waals surface area contributed by atoms with Gasteiger partial charge in [0.1, 0.15) is 0 Å². The summed E-state index contributed by atoms with van der Waals surface area (Å²) in [7, 11) is 0. The van der Waals surface area contributed by atoms with Crippen molar-refractivity contribution >= 4 is 15.9 Å². The van der Waals surface area contributed by atoms with E-state index in [-0.39, 0.29) is 5.54 Å². The Morgan fingerprint density at radius 2 is 2.43 bits per heavy atom. The molecule has 1 saturated heterocycles. The maximum atomic E-state index is 4.40. The molecule has 1 aliphatic rings. The van der Waals surface area contributed by atoms with Gasteiger partial charge >= 0.3 is 0 Å². The van der Waals surface area contributed by atoms with E-state index in [0.29, 0.717) is 0 Å². The van der Waals surface area contributed by atoms with Crippen LogP contribution in [-0.2, 0) is 6.42 Å². The lowest BCUT2D eigenvalue weighted by Gasteiger charge is -2.23. The second kappa shape index (κ2) is 3.99. The topological polar surface area (TPSA) is 24.9 Å². The molecule has 0 bridgehead atoms. The van der Waals surface area contributed by atoms with Crippen LogP contribution in [0, 0.1) is 0 Å². The van der Waals surface area contributed by atoms with Crippen molar-refractivity contribution in [2.75, 3.05) is 6.54 Å². The van der Waals surface area contributed by atoms with E-state index in [1.807, 2.05) is 6.20 Å². The highest BCUT2D eigenvalue weighted by Gasteiger charge is 2.28. The van der Waals surface area contributed by atoms with Gasteiger partial charge in [0.2, 0.25) is 0 Å². The van der Waals surface area contributed by atoms with Gasteiger partial charge in [-0.3, -0.25) is 4.98 Å². The number of pyridine rings is 1. The number of hydrogen-bond donors (Lipinski definition) is 1. The molecule has 1 N–H and O–H groups in total. The van der Waals surface area contributed by atoms with Crippen molar-refractivity contribution in [1.29, 1.82) is 0 Å². The number of rotatable bonds is 2. The van der Waals surface area contributed by atoms with Crippen molar-refractivity contribution in [2.45, 2.75) is 31.7 Å². The molecule has 2 heterocycles. The summed E-state index contributed by atoms with van der Waals surface area (Å²) < 4.78 is 1.05. The fourth-order valence-corrected chi connectivity index (χ4v) is 2.25. The minimum atomic E-state index is 0.265. The van der Waals surface area contributed by atoms with E-state index in [0.717, 1.165) is 17.4 Å². The smallest absolute Gasteiger partial charge is 0.0422 e. The zero-order valence-electron chi connectivity index (χ0n) is 8.39. The highest BCUT2D eigenvalue weighted by molar-refractivity contribution is 9.10. The van der Waals surface area contributed by atoms with E-state index < -0.39 is 0 Å². The lowest BCUT2D eigenvalue weighted by atomic mass is 9.94. The molecule has 0 amide bonds. The summed E-state index contributed by atoms with van der Waals surface area (Å²) in [4.78, 5) is 4.40. The lowest BCUT2D eigenvalue weighted by molar-refractivity contribution is 0.408. The number of nitrogens with one attached hydrogen (secondary N) is 1. The third-order valence-electron chi connectivity index (χ3n) is 2.82. The molecule has 2 nitrogen and oxygen atoms in total. The van der Waals surface area contributed by atoms with Crippen LogP contribution in [0.2, 0.25) is 0 Å². The van der Waals surface area contributed by atoms with Gasteiger partial charge in [-0.05, 0) is 54.4 Å². The van der Waals surface area contributed by atoms with E-state index in [9.17, 15) is 0 Å². The quantitative estimate of drug-likeness (QED) is 0.878. The van der Waals surface area contributed by atoms with Gasteiger partial charge in [0.05, 0.1) is 0 Å². The predicted octanol–water partition coefficient (Wildman–Crippen LogP) is 2.53. The van der Waals surface area contributed by atoms with Crippen LogP contribution in [-0.4, -0.2) is 17.1 Å². The van der Waals surface area contributed by atoms with E-state index >= 15 is 0 Å². The Morgan fingerprint density at radius 3 is 3.00 bits per heavy atom. The first-order valence-corrected chi connectivity index (χ1v) is 5.83. The number of halogens is 1. The molecule has 3 heteroatoms. The van der Waals surface area contributed by atoms with Crippen molar-refractivity contribution in [3.05, 3.63) is 28.5 Å². The standard InChI is InChI=1S/C11H15BrN2/c1-11(5-2-6-14-11)7-10-4-3-9(12)8-13-10/h3-4,8,14H,2,5-7H2,1H3. The lowest BCUT2D eigenvalue weighted by Crippen LogP contribution is -2.38. The van der Waals surface area contributed by atoms with Crippen LogP contribution in [0.25, 0.3) is 0 Å². The second-order valence-corrected chi connectivity index (χ2v) is 5.15. The van der Waals surface area contributed by atoms with Crippen molar-refractivity contribution in [2.24, 2.45) is 0 Å². The largest absolute Gasteiger partial charge is 0.311 e. The highest BCUT2D eigenvalue weighted by Crippen LogP contribution is 2.22. The fraction of sp³-hybridized carbons (Fsp3) is 0.545. The highest BCUT2D eigenvalue weighted by atomic mass is 79.9. The van der Waals surface area contributed by atoms with Gasteiger partial charge in [-0.15, -0.1) is 0 Å². The second-order valence-electron chi connectivity index (χ2n) is 4.24. The molecule has 0 aromatic carbocycles. The van der Waals surface area contributed by atoms with Crippen LogP contribution >= 0.6 is 15.9 Å². The zero-order chi connectivity index (χ0) is 10.0. The normalized spacial score (nSPS) is 26.7. The van der Waals surface area contributed by atoms with E-state index in [4.69, 9.17) is 0 Å². The number of nitrogens with zero attached hydrogens (tertiary/aromatic N) is 1. The third kappa shape index (κ3) is 2.34. The summed E-state index contributed by atoms with van der Waals surface area (Å²) in [6.45, 7) is 3.43. The average molecular weight is 255 g/mol. The molecule has 76 valence electrons. The van der Waals surface area contributed by atoms with Gasteiger partial charge in [-0.1, -0.05) is 0 Å².